The summed E-state index contributed by atoms with van der Waals surface area (Å²) in [6.45, 7) is 6.24. The molecule has 5 nitrogen and oxygen atoms in total. The summed E-state index contributed by atoms with van der Waals surface area (Å²) in [6.07, 6.45) is 0.814. The number of anilines is 3. The number of aliphatic hydroxyl groups excluding tert-OH is 1. The molecule has 1 unspecified atom stereocenters. The molecule has 1 atom stereocenters. The van der Waals surface area contributed by atoms with E-state index >= 15 is 0 Å². The molecule has 1 heterocycles. The summed E-state index contributed by atoms with van der Waals surface area (Å²) >= 11 is 0. The van der Waals surface area contributed by atoms with Gasteiger partial charge in [0.25, 0.3) is 0 Å². The van der Waals surface area contributed by atoms with Crippen molar-refractivity contribution in [3.05, 3.63) is 53.6 Å². The number of hydrogen-bond acceptors (Lipinski definition) is 5. The standard InChI is InChI=1S/C20H24N4O/c1-4-15(12-25)21-19-16-7-5-6-8-18(16)23-20(24-19)22-17-10-9-13(2)11-14(17)3/h5-11,15,25H,4,12H2,1-3H3,(H2,21,22,23,24). The van der Waals surface area contributed by atoms with Crippen LogP contribution in [0.15, 0.2) is 42.5 Å². The van der Waals surface area contributed by atoms with E-state index in [4.69, 9.17) is 0 Å². The van der Waals surface area contributed by atoms with Crippen LogP contribution in [0.4, 0.5) is 17.5 Å². The molecule has 2 aromatic carbocycles. The van der Waals surface area contributed by atoms with Crippen LogP contribution in [-0.4, -0.2) is 27.7 Å². The van der Waals surface area contributed by atoms with Gasteiger partial charge < -0.3 is 15.7 Å². The van der Waals surface area contributed by atoms with E-state index in [0.29, 0.717) is 5.95 Å². The van der Waals surface area contributed by atoms with Crippen molar-refractivity contribution in [2.24, 2.45) is 0 Å². The zero-order valence-electron chi connectivity index (χ0n) is 14.9. The summed E-state index contributed by atoms with van der Waals surface area (Å²) in [6, 6.07) is 14.1. The number of hydrogen-bond donors (Lipinski definition) is 3. The van der Waals surface area contributed by atoms with Crippen LogP contribution < -0.4 is 10.6 Å². The first-order valence-electron chi connectivity index (χ1n) is 8.59. The molecule has 0 aliphatic heterocycles. The van der Waals surface area contributed by atoms with Crippen molar-refractivity contribution in [3.8, 4) is 0 Å². The highest BCUT2D eigenvalue weighted by Gasteiger charge is 2.12. The van der Waals surface area contributed by atoms with Crippen LogP contribution >= 0.6 is 0 Å². The van der Waals surface area contributed by atoms with Gasteiger partial charge in [0, 0.05) is 11.1 Å². The Labute approximate surface area is 148 Å². The minimum atomic E-state index is -0.0349. The Bertz CT molecular complexity index is 875. The molecule has 3 N–H and O–H groups in total. The predicted molar refractivity (Wildman–Crippen MR) is 104 cm³/mol. The quantitative estimate of drug-likeness (QED) is 0.630. The van der Waals surface area contributed by atoms with Gasteiger partial charge in [-0.2, -0.15) is 4.98 Å². The van der Waals surface area contributed by atoms with Gasteiger partial charge in [-0.25, -0.2) is 4.98 Å². The van der Waals surface area contributed by atoms with Crippen molar-refractivity contribution < 1.29 is 5.11 Å². The van der Waals surface area contributed by atoms with E-state index in [1.807, 2.05) is 37.3 Å². The first kappa shape index (κ1) is 17.2. The predicted octanol–water partition coefficient (Wildman–Crippen LogP) is 4.17. The van der Waals surface area contributed by atoms with E-state index in [2.05, 4.69) is 46.6 Å². The van der Waals surface area contributed by atoms with Gasteiger partial charge in [0.1, 0.15) is 5.82 Å². The highest BCUT2D eigenvalue weighted by Crippen LogP contribution is 2.25. The van der Waals surface area contributed by atoms with Gasteiger partial charge in [-0.3, -0.25) is 0 Å². The van der Waals surface area contributed by atoms with E-state index < -0.39 is 0 Å². The summed E-state index contributed by atoms with van der Waals surface area (Å²) in [5.41, 5.74) is 4.22. The molecule has 0 aliphatic carbocycles. The minimum Gasteiger partial charge on any atom is -0.394 e. The number of fused-ring (bicyclic) bond motifs is 1. The Morgan fingerprint density at radius 3 is 2.60 bits per heavy atom. The molecule has 0 aliphatic rings. The third-order valence-corrected chi connectivity index (χ3v) is 4.29. The molecule has 130 valence electrons. The van der Waals surface area contributed by atoms with Crippen molar-refractivity contribution in [3.63, 3.8) is 0 Å². The maximum Gasteiger partial charge on any atom is 0.229 e. The zero-order chi connectivity index (χ0) is 17.8. The van der Waals surface area contributed by atoms with Gasteiger partial charge in [0.2, 0.25) is 5.95 Å². The van der Waals surface area contributed by atoms with E-state index in [1.165, 1.54) is 5.56 Å². The molecule has 0 bridgehead atoms. The third kappa shape index (κ3) is 3.88. The lowest BCUT2D eigenvalue weighted by atomic mass is 10.1. The van der Waals surface area contributed by atoms with Crippen molar-refractivity contribution in [1.29, 1.82) is 0 Å². The number of rotatable bonds is 6. The number of benzene rings is 2. The average Bonchev–Trinajstić information content (AvgIpc) is 2.62. The van der Waals surface area contributed by atoms with Gasteiger partial charge in [-0.1, -0.05) is 36.8 Å². The van der Waals surface area contributed by atoms with Crippen LogP contribution in [0.2, 0.25) is 0 Å². The van der Waals surface area contributed by atoms with Crippen LogP contribution in [0.3, 0.4) is 0 Å². The average molecular weight is 336 g/mol. The number of aliphatic hydroxyl groups is 1. The van der Waals surface area contributed by atoms with Crippen LogP contribution in [-0.2, 0) is 0 Å². The van der Waals surface area contributed by atoms with E-state index in [9.17, 15) is 5.11 Å². The van der Waals surface area contributed by atoms with Crippen LogP contribution in [0.1, 0.15) is 24.5 Å². The first-order chi connectivity index (χ1) is 12.1. The lowest BCUT2D eigenvalue weighted by Gasteiger charge is -2.17. The Kier molecular flexibility index (Phi) is 5.14. The van der Waals surface area contributed by atoms with Crippen LogP contribution in [0, 0.1) is 13.8 Å². The smallest absolute Gasteiger partial charge is 0.229 e. The molecule has 3 rings (SSSR count). The molecule has 1 aromatic heterocycles. The Morgan fingerprint density at radius 1 is 1.08 bits per heavy atom. The van der Waals surface area contributed by atoms with Gasteiger partial charge >= 0.3 is 0 Å². The summed E-state index contributed by atoms with van der Waals surface area (Å²) in [5.74, 6) is 1.28. The third-order valence-electron chi connectivity index (χ3n) is 4.29. The second-order valence-electron chi connectivity index (χ2n) is 6.29. The fourth-order valence-corrected chi connectivity index (χ4v) is 2.79. The molecular weight excluding hydrogens is 312 g/mol. The minimum absolute atomic E-state index is 0.0349. The van der Waals surface area contributed by atoms with Gasteiger partial charge in [0.05, 0.1) is 18.2 Å². The Balaban J connectivity index is 2.00. The largest absolute Gasteiger partial charge is 0.394 e. The lowest BCUT2D eigenvalue weighted by Crippen LogP contribution is -2.23. The maximum atomic E-state index is 9.50. The van der Waals surface area contributed by atoms with E-state index in [0.717, 1.165) is 34.4 Å². The molecule has 3 aromatic rings. The highest BCUT2D eigenvalue weighted by molar-refractivity contribution is 5.90. The molecule has 0 fully saturated rings. The van der Waals surface area contributed by atoms with Crippen LogP contribution in [0.5, 0.6) is 0 Å². The molecule has 25 heavy (non-hydrogen) atoms. The molecule has 0 saturated heterocycles. The number of para-hydroxylation sites is 1. The monoisotopic (exact) mass is 336 g/mol. The second-order valence-corrected chi connectivity index (χ2v) is 6.29. The zero-order valence-corrected chi connectivity index (χ0v) is 14.9. The molecule has 0 radical (unpaired) electrons. The Hall–Kier alpha value is -2.66. The Morgan fingerprint density at radius 2 is 1.88 bits per heavy atom. The van der Waals surface area contributed by atoms with Gasteiger partial charge in [-0.15, -0.1) is 0 Å². The normalized spacial score (nSPS) is 12.2. The maximum absolute atomic E-state index is 9.50. The summed E-state index contributed by atoms with van der Waals surface area (Å²) in [7, 11) is 0. The van der Waals surface area contributed by atoms with Crippen molar-refractivity contribution in [2.75, 3.05) is 17.2 Å². The topological polar surface area (TPSA) is 70.1 Å². The van der Waals surface area contributed by atoms with Gasteiger partial charge in [0.15, 0.2) is 0 Å². The number of aromatic nitrogens is 2. The van der Waals surface area contributed by atoms with Crippen molar-refractivity contribution >= 4 is 28.4 Å². The molecule has 0 spiro atoms. The summed E-state index contributed by atoms with van der Waals surface area (Å²) in [4.78, 5) is 9.28. The molecular formula is C20H24N4O. The fraction of sp³-hybridized carbons (Fsp3) is 0.300. The first-order valence-corrected chi connectivity index (χ1v) is 8.59. The SMILES string of the molecule is CCC(CO)Nc1nc(Nc2ccc(C)cc2C)nc2ccccc12. The highest BCUT2D eigenvalue weighted by atomic mass is 16.3. The van der Waals surface area contributed by atoms with Crippen LogP contribution in [0.25, 0.3) is 10.9 Å². The fourth-order valence-electron chi connectivity index (χ4n) is 2.79. The van der Waals surface area contributed by atoms with Crippen molar-refractivity contribution in [1.82, 2.24) is 9.97 Å². The van der Waals surface area contributed by atoms with E-state index in [1.54, 1.807) is 0 Å². The lowest BCUT2D eigenvalue weighted by molar-refractivity contribution is 0.271. The number of nitrogens with one attached hydrogen (secondary N) is 2. The van der Waals surface area contributed by atoms with Crippen molar-refractivity contribution in [2.45, 2.75) is 33.2 Å². The van der Waals surface area contributed by atoms with E-state index in [-0.39, 0.29) is 12.6 Å². The number of nitrogens with zero attached hydrogens (tertiary/aromatic N) is 2. The second kappa shape index (κ2) is 7.49. The summed E-state index contributed by atoms with van der Waals surface area (Å²) < 4.78 is 0. The molecule has 0 amide bonds. The van der Waals surface area contributed by atoms with Gasteiger partial charge in [-0.05, 0) is 44.0 Å². The number of aryl methyl sites for hydroxylation is 2. The summed E-state index contributed by atoms with van der Waals surface area (Å²) in [5, 5.41) is 17.1. The molecule has 5 heteroatoms. The molecule has 0 saturated carbocycles.